The molecule has 80 valence electrons. The maximum Gasteiger partial charge on any atom is 0.246 e. The van der Waals surface area contributed by atoms with Gasteiger partial charge in [-0.1, -0.05) is 31.2 Å². The number of morpholine rings is 1. The van der Waals surface area contributed by atoms with Gasteiger partial charge in [-0.3, -0.25) is 4.79 Å². The highest BCUT2D eigenvalue weighted by atomic mass is 16.5. The van der Waals surface area contributed by atoms with Crippen LogP contribution in [0.5, 0.6) is 0 Å². The van der Waals surface area contributed by atoms with E-state index in [1.165, 1.54) is 5.56 Å². The zero-order valence-corrected chi connectivity index (χ0v) is 8.82. The molecule has 1 aromatic carbocycles. The Morgan fingerprint density at radius 1 is 1.40 bits per heavy atom. The first-order valence-electron chi connectivity index (χ1n) is 5.26. The molecular weight excluding hydrogens is 190 g/mol. The molecule has 0 aliphatic carbocycles. The third-order valence-electron chi connectivity index (χ3n) is 2.66. The minimum Gasteiger partial charge on any atom is -0.362 e. The summed E-state index contributed by atoms with van der Waals surface area (Å²) in [5.74, 6) is -0.0311. The van der Waals surface area contributed by atoms with Crippen LogP contribution in [0.2, 0.25) is 0 Å². The fourth-order valence-corrected chi connectivity index (χ4v) is 1.67. The lowest BCUT2D eigenvalue weighted by molar-refractivity contribution is -0.133. The number of carbonyl (C=O) groups excluding carboxylic acids is 1. The van der Waals surface area contributed by atoms with Crippen LogP contribution in [0.1, 0.15) is 24.2 Å². The summed E-state index contributed by atoms with van der Waals surface area (Å²) < 4.78 is 5.44. The third-order valence-corrected chi connectivity index (χ3v) is 2.66. The monoisotopic (exact) mass is 205 g/mol. The summed E-state index contributed by atoms with van der Waals surface area (Å²) in [4.78, 5) is 10.9. The van der Waals surface area contributed by atoms with E-state index >= 15 is 0 Å². The molecule has 0 unspecified atom stereocenters. The fourth-order valence-electron chi connectivity index (χ4n) is 1.67. The smallest absolute Gasteiger partial charge is 0.246 e. The van der Waals surface area contributed by atoms with Gasteiger partial charge in [0.1, 0.15) is 12.7 Å². The average Bonchev–Trinajstić information content (AvgIpc) is 2.30. The van der Waals surface area contributed by atoms with Crippen molar-refractivity contribution in [1.29, 1.82) is 0 Å². The standard InChI is InChI=1S/C12H15NO2/c1-2-9-3-5-10(6-4-9)11-7-13-12(14)8-15-11/h3-6,11H,2,7-8H2,1H3,(H,13,14)/t11-/m1/s1. The van der Waals surface area contributed by atoms with Crippen molar-refractivity contribution >= 4 is 5.91 Å². The number of carbonyl (C=O) groups is 1. The first-order chi connectivity index (χ1) is 7.29. The maximum absolute atomic E-state index is 10.9. The summed E-state index contributed by atoms with van der Waals surface area (Å²) in [5, 5.41) is 2.80. The van der Waals surface area contributed by atoms with Crippen molar-refractivity contribution in [2.24, 2.45) is 0 Å². The molecule has 1 aromatic rings. The minimum atomic E-state index is -0.0311. The number of hydrogen-bond donors (Lipinski definition) is 1. The van der Waals surface area contributed by atoms with Gasteiger partial charge in [-0.15, -0.1) is 0 Å². The Bertz CT molecular complexity index is 335. The molecular formula is C12H15NO2. The number of ether oxygens (including phenoxy) is 1. The van der Waals surface area contributed by atoms with E-state index in [-0.39, 0.29) is 18.6 Å². The SMILES string of the molecule is CCc1ccc([C@H]2CNC(=O)CO2)cc1. The van der Waals surface area contributed by atoms with Crippen molar-refractivity contribution in [2.75, 3.05) is 13.2 Å². The Hall–Kier alpha value is -1.35. The van der Waals surface area contributed by atoms with Crippen molar-refractivity contribution in [3.8, 4) is 0 Å². The van der Waals surface area contributed by atoms with Gasteiger partial charge in [0.15, 0.2) is 0 Å². The highest BCUT2D eigenvalue weighted by Crippen LogP contribution is 2.19. The molecule has 0 radical (unpaired) electrons. The molecule has 0 bridgehead atoms. The normalized spacial score (nSPS) is 21.1. The molecule has 1 aliphatic rings. The van der Waals surface area contributed by atoms with Crippen molar-refractivity contribution < 1.29 is 9.53 Å². The molecule has 0 saturated carbocycles. The van der Waals surface area contributed by atoms with Crippen LogP contribution >= 0.6 is 0 Å². The van der Waals surface area contributed by atoms with E-state index in [9.17, 15) is 4.79 Å². The summed E-state index contributed by atoms with van der Waals surface area (Å²) in [6.07, 6.45) is 1.05. The van der Waals surface area contributed by atoms with Crippen LogP contribution in [-0.4, -0.2) is 19.1 Å². The Labute approximate surface area is 89.4 Å². The van der Waals surface area contributed by atoms with Gasteiger partial charge in [-0.2, -0.15) is 0 Å². The fraction of sp³-hybridized carbons (Fsp3) is 0.417. The van der Waals surface area contributed by atoms with Crippen molar-refractivity contribution in [1.82, 2.24) is 5.32 Å². The van der Waals surface area contributed by atoms with E-state index in [0.717, 1.165) is 12.0 Å². The van der Waals surface area contributed by atoms with Crippen LogP contribution in [0, 0.1) is 0 Å². The van der Waals surface area contributed by atoms with Crippen LogP contribution in [-0.2, 0) is 16.0 Å². The van der Waals surface area contributed by atoms with Gasteiger partial charge in [0.25, 0.3) is 0 Å². The lowest BCUT2D eigenvalue weighted by Crippen LogP contribution is -2.38. The lowest BCUT2D eigenvalue weighted by atomic mass is 10.1. The summed E-state index contributed by atoms with van der Waals surface area (Å²) in [6.45, 7) is 2.87. The second-order valence-electron chi connectivity index (χ2n) is 3.70. The molecule has 1 aliphatic heterocycles. The first-order valence-corrected chi connectivity index (χ1v) is 5.26. The molecule has 0 aromatic heterocycles. The maximum atomic E-state index is 10.9. The van der Waals surface area contributed by atoms with Gasteiger partial charge in [0.05, 0.1) is 0 Å². The van der Waals surface area contributed by atoms with Crippen molar-refractivity contribution in [3.05, 3.63) is 35.4 Å². The second kappa shape index (κ2) is 4.45. The summed E-state index contributed by atoms with van der Waals surface area (Å²) in [6, 6.07) is 8.35. The molecule has 1 fully saturated rings. The van der Waals surface area contributed by atoms with Crippen LogP contribution in [0.3, 0.4) is 0 Å². The zero-order valence-electron chi connectivity index (χ0n) is 8.82. The average molecular weight is 205 g/mol. The van der Waals surface area contributed by atoms with E-state index in [1.807, 2.05) is 0 Å². The number of hydrogen-bond acceptors (Lipinski definition) is 2. The summed E-state index contributed by atoms with van der Waals surface area (Å²) in [7, 11) is 0. The molecule has 15 heavy (non-hydrogen) atoms. The minimum absolute atomic E-state index is 0.00797. The number of aryl methyl sites for hydroxylation is 1. The van der Waals surface area contributed by atoms with Gasteiger partial charge in [-0.05, 0) is 17.5 Å². The molecule has 3 nitrogen and oxygen atoms in total. The number of nitrogens with one attached hydrogen (secondary N) is 1. The Morgan fingerprint density at radius 2 is 2.13 bits per heavy atom. The van der Waals surface area contributed by atoms with Crippen LogP contribution in [0.4, 0.5) is 0 Å². The number of benzene rings is 1. The van der Waals surface area contributed by atoms with Gasteiger partial charge in [-0.25, -0.2) is 0 Å². The lowest BCUT2D eigenvalue weighted by Gasteiger charge is -2.23. The summed E-state index contributed by atoms with van der Waals surface area (Å²) >= 11 is 0. The van der Waals surface area contributed by atoms with Gasteiger partial charge >= 0.3 is 0 Å². The van der Waals surface area contributed by atoms with E-state index in [0.29, 0.717) is 6.54 Å². The molecule has 1 atom stereocenters. The van der Waals surface area contributed by atoms with Crippen LogP contribution in [0.25, 0.3) is 0 Å². The molecule has 1 amide bonds. The molecule has 1 N–H and O–H groups in total. The van der Waals surface area contributed by atoms with Crippen molar-refractivity contribution in [2.45, 2.75) is 19.4 Å². The summed E-state index contributed by atoms with van der Waals surface area (Å²) in [5.41, 5.74) is 2.45. The molecule has 1 heterocycles. The highest BCUT2D eigenvalue weighted by Gasteiger charge is 2.19. The molecule has 0 spiro atoms. The van der Waals surface area contributed by atoms with Crippen LogP contribution < -0.4 is 5.32 Å². The molecule has 3 heteroatoms. The number of rotatable bonds is 2. The number of amides is 1. The van der Waals surface area contributed by atoms with Crippen molar-refractivity contribution in [3.63, 3.8) is 0 Å². The van der Waals surface area contributed by atoms with Gasteiger partial charge < -0.3 is 10.1 Å². The van der Waals surface area contributed by atoms with Gasteiger partial charge in [0, 0.05) is 6.54 Å². The predicted octanol–water partition coefficient (Wildman–Crippen LogP) is 1.44. The Morgan fingerprint density at radius 3 is 2.67 bits per heavy atom. The van der Waals surface area contributed by atoms with Crippen LogP contribution in [0.15, 0.2) is 24.3 Å². The van der Waals surface area contributed by atoms with E-state index in [4.69, 9.17) is 4.74 Å². The predicted molar refractivity (Wildman–Crippen MR) is 57.5 cm³/mol. The van der Waals surface area contributed by atoms with Gasteiger partial charge in [0.2, 0.25) is 5.91 Å². The quantitative estimate of drug-likeness (QED) is 0.793. The second-order valence-corrected chi connectivity index (χ2v) is 3.70. The van der Waals surface area contributed by atoms with E-state index in [1.54, 1.807) is 0 Å². The van der Waals surface area contributed by atoms with E-state index < -0.39 is 0 Å². The largest absolute Gasteiger partial charge is 0.362 e. The Kier molecular flexibility index (Phi) is 3.02. The first kappa shape index (κ1) is 10.2. The topological polar surface area (TPSA) is 38.3 Å². The highest BCUT2D eigenvalue weighted by molar-refractivity contribution is 5.77. The molecule has 2 rings (SSSR count). The zero-order chi connectivity index (χ0) is 10.7. The Balaban J connectivity index is 2.06. The third kappa shape index (κ3) is 2.36. The van der Waals surface area contributed by atoms with E-state index in [2.05, 4.69) is 36.5 Å². The molecule has 1 saturated heterocycles.